The summed E-state index contributed by atoms with van der Waals surface area (Å²) in [4.78, 5) is 11.4. The molecule has 0 spiro atoms. The number of benzene rings is 1. The van der Waals surface area contributed by atoms with E-state index in [9.17, 15) is 0 Å². The number of nitrogens with one attached hydrogen (secondary N) is 2. The highest BCUT2D eigenvalue weighted by molar-refractivity contribution is 14.0. The Morgan fingerprint density at radius 3 is 2.78 bits per heavy atom. The van der Waals surface area contributed by atoms with Crippen molar-refractivity contribution in [3.05, 3.63) is 47.2 Å². The summed E-state index contributed by atoms with van der Waals surface area (Å²) in [5.74, 6) is 2.30. The van der Waals surface area contributed by atoms with Crippen LogP contribution in [0.4, 0.5) is 5.69 Å². The summed E-state index contributed by atoms with van der Waals surface area (Å²) in [7, 11) is 0. The van der Waals surface area contributed by atoms with Gasteiger partial charge in [0.05, 0.1) is 5.69 Å². The van der Waals surface area contributed by atoms with Gasteiger partial charge < -0.3 is 20.0 Å². The van der Waals surface area contributed by atoms with Crippen molar-refractivity contribution in [1.82, 2.24) is 15.6 Å². The smallest absolute Gasteiger partial charge is 0.216 e. The number of guanidine groups is 1. The number of oxazole rings is 1. The van der Waals surface area contributed by atoms with Gasteiger partial charge in [-0.3, -0.25) is 0 Å². The van der Waals surface area contributed by atoms with E-state index in [0.717, 1.165) is 43.5 Å². The quantitative estimate of drug-likeness (QED) is 0.375. The van der Waals surface area contributed by atoms with Gasteiger partial charge in [0.1, 0.15) is 12.3 Å². The molecule has 0 radical (unpaired) electrons. The lowest BCUT2D eigenvalue weighted by molar-refractivity contribution is 0.473. The summed E-state index contributed by atoms with van der Waals surface area (Å²) >= 11 is 0. The molecule has 7 heteroatoms. The van der Waals surface area contributed by atoms with Gasteiger partial charge in [-0.25, -0.2) is 9.98 Å². The Morgan fingerprint density at radius 2 is 2.07 bits per heavy atom. The Kier molecular flexibility index (Phi) is 7.94. The van der Waals surface area contributed by atoms with E-state index < -0.39 is 0 Å². The van der Waals surface area contributed by atoms with E-state index in [4.69, 9.17) is 4.42 Å². The number of aryl methyl sites for hydroxylation is 2. The van der Waals surface area contributed by atoms with Gasteiger partial charge in [-0.1, -0.05) is 18.2 Å². The average Bonchev–Trinajstić information content (AvgIpc) is 3.11. The van der Waals surface area contributed by atoms with Gasteiger partial charge >= 0.3 is 0 Å². The molecular formula is C20H30IN5O. The first-order valence-corrected chi connectivity index (χ1v) is 9.38. The molecule has 0 saturated heterocycles. The fourth-order valence-electron chi connectivity index (χ4n) is 3.36. The second-order valence-electron chi connectivity index (χ2n) is 6.75. The lowest BCUT2D eigenvalue weighted by Crippen LogP contribution is -2.42. The third-order valence-electron chi connectivity index (χ3n) is 4.78. The second-order valence-corrected chi connectivity index (χ2v) is 6.75. The number of halogens is 1. The number of anilines is 1. The molecule has 0 aliphatic carbocycles. The number of para-hydroxylation sites is 1. The number of aromatic nitrogens is 1. The number of hydrogen-bond acceptors (Lipinski definition) is 4. The van der Waals surface area contributed by atoms with Crippen LogP contribution < -0.4 is 15.5 Å². The predicted molar refractivity (Wildman–Crippen MR) is 121 cm³/mol. The van der Waals surface area contributed by atoms with Gasteiger partial charge in [0.25, 0.3) is 0 Å². The molecule has 0 saturated carbocycles. The van der Waals surface area contributed by atoms with Gasteiger partial charge in [0.15, 0.2) is 5.96 Å². The maximum atomic E-state index is 5.60. The summed E-state index contributed by atoms with van der Waals surface area (Å²) in [6.45, 7) is 11.2. The molecule has 1 aromatic heterocycles. The van der Waals surface area contributed by atoms with E-state index in [2.05, 4.69) is 63.6 Å². The van der Waals surface area contributed by atoms with Crippen LogP contribution in [-0.4, -0.2) is 36.6 Å². The fourth-order valence-corrected chi connectivity index (χ4v) is 3.36. The van der Waals surface area contributed by atoms with E-state index >= 15 is 0 Å². The van der Waals surface area contributed by atoms with E-state index in [0.29, 0.717) is 18.5 Å². The van der Waals surface area contributed by atoms with Crippen molar-refractivity contribution in [2.75, 3.05) is 24.5 Å². The van der Waals surface area contributed by atoms with Crippen LogP contribution >= 0.6 is 24.0 Å². The van der Waals surface area contributed by atoms with E-state index in [1.165, 1.54) is 11.3 Å². The highest BCUT2D eigenvalue weighted by Crippen LogP contribution is 2.31. The van der Waals surface area contributed by atoms with E-state index in [1.807, 2.05) is 13.8 Å². The molecule has 0 amide bonds. The highest BCUT2D eigenvalue weighted by atomic mass is 127. The Hall–Kier alpha value is -1.77. The number of fused-ring (bicyclic) bond motifs is 1. The molecule has 3 rings (SSSR count). The standard InChI is InChI=1S/C20H29N5O.HI/c1-5-21-20(23-13-19-24-15(3)16(4)26-19)22-10-11-25-14(2)12-17-8-6-7-9-18(17)25;/h6-9,14H,5,10-13H2,1-4H3,(H2,21,22,23);1H. The topological polar surface area (TPSA) is 65.7 Å². The fraction of sp³-hybridized carbons (Fsp3) is 0.500. The van der Waals surface area contributed by atoms with Gasteiger partial charge in [-0.05, 0) is 45.7 Å². The van der Waals surface area contributed by atoms with Crippen molar-refractivity contribution in [2.45, 2.75) is 46.7 Å². The minimum absolute atomic E-state index is 0. The van der Waals surface area contributed by atoms with Crippen LogP contribution in [0.5, 0.6) is 0 Å². The third-order valence-corrected chi connectivity index (χ3v) is 4.78. The van der Waals surface area contributed by atoms with Crippen molar-refractivity contribution < 1.29 is 4.42 Å². The zero-order valence-electron chi connectivity index (χ0n) is 16.6. The van der Waals surface area contributed by atoms with Crippen LogP contribution in [-0.2, 0) is 13.0 Å². The van der Waals surface area contributed by atoms with Gasteiger partial charge in [0.2, 0.25) is 5.89 Å². The largest absolute Gasteiger partial charge is 0.444 e. The summed E-state index contributed by atoms with van der Waals surface area (Å²) in [5.41, 5.74) is 3.72. The lowest BCUT2D eigenvalue weighted by atomic mass is 10.1. The molecule has 0 bridgehead atoms. The minimum atomic E-state index is 0. The summed E-state index contributed by atoms with van der Waals surface area (Å²) in [5, 5.41) is 6.70. The average molecular weight is 483 g/mol. The van der Waals surface area contributed by atoms with Gasteiger partial charge in [0, 0.05) is 31.4 Å². The van der Waals surface area contributed by atoms with Crippen LogP contribution in [0.15, 0.2) is 33.7 Å². The molecule has 148 valence electrons. The first kappa shape index (κ1) is 21.5. The van der Waals surface area contributed by atoms with Gasteiger partial charge in [-0.15, -0.1) is 24.0 Å². The molecule has 1 atom stereocenters. The Labute approximate surface area is 178 Å². The molecule has 0 fully saturated rings. The van der Waals surface area contributed by atoms with Crippen molar-refractivity contribution in [1.29, 1.82) is 0 Å². The molecule has 1 aliphatic rings. The van der Waals surface area contributed by atoms with Crippen molar-refractivity contribution in [2.24, 2.45) is 4.99 Å². The van der Waals surface area contributed by atoms with Crippen LogP contribution in [0.1, 0.15) is 36.8 Å². The Balaban J connectivity index is 0.00000261. The summed E-state index contributed by atoms with van der Waals surface area (Å²) in [6.07, 6.45) is 1.12. The number of aliphatic imine (C=N–C) groups is 1. The van der Waals surface area contributed by atoms with E-state index in [-0.39, 0.29) is 24.0 Å². The number of hydrogen-bond donors (Lipinski definition) is 2. The molecule has 27 heavy (non-hydrogen) atoms. The third kappa shape index (κ3) is 5.37. The zero-order valence-corrected chi connectivity index (χ0v) is 18.9. The number of nitrogens with zero attached hydrogens (tertiary/aromatic N) is 3. The van der Waals surface area contributed by atoms with Crippen LogP contribution in [0.3, 0.4) is 0 Å². The molecule has 1 aliphatic heterocycles. The van der Waals surface area contributed by atoms with Gasteiger partial charge in [-0.2, -0.15) is 0 Å². The molecule has 2 heterocycles. The SMILES string of the molecule is CCNC(=NCc1nc(C)c(C)o1)NCCN1c2ccccc2CC1C.I. The number of rotatable bonds is 6. The molecular weight excluding hydrogens is 453 g/mol. The second kappa shape index (κ2) is 9.96. The van der Waals surface area contributed by atoms with Crippen LogP contribution in [0.2, 0.25) is 0 Å². The van der Waals surface area contributed by atoms with Crippen molar-refractivity contribution >= 4 is 35.6 Å². The maximum Gasteiger partial charge on any atom is 0.216 e. The normalized spacial score (nSPS) is 16.1. The highest BCUT2D eigenvalue weighted by Gasteiger charge is 2.24. The summed E-state index contributed by atoms with van der Waals surface area (Å²) < 4.78 is 5.60. The van der Waals surface area contributed by atoms with Crippen molar-refractivity contribution in [3.8, 4) is 0 Å². The molecule has 2 N–H and O–H groups in total. The lowest BCUT2D eigenvalue weighted by Gasteiger charge is -2.25. The Morgan fingerprint density at radius 1 is 1.30 bits per heavy atom. The van der Waals surface area contributed by atoms with Crippen LogP contribution in [0.25, 0.3) is 0 Å². The minimum Gasteiger partial charge on any atom is -0.444 e. The van der Waals surface area contributed by atoms with E-state index in [1.54, 1.807) is 0 Å². The predicted octanol–water partition coefficient (Wildman–Crippen LogP) is 3.42. The van der Waals surface area contributed by atoms with Crippen LogP contribution in [0, 0.1) is 13.8 Å². The maximum absolute atomic E-state index is 5.60. The first-order valence-electron chi connectivity index (χ1n) is 9.38. The molecule has 1 aromatic carbocycles. The Bertz CT molecular complexity index is 754. The van der Waals surface area contributed by atoms with Crippen molar-refractivity contribution in [3.63, 3.8) is 0 Å². The molecule has 2 aromatic rings. The first-order chi connectivity index (χ1) is 12.6. The zero-order chi connectivity index (χ0) is 18.5. The summed E-state index contributed by atoms with van der Waals surface area (Å²) in [6, 6.07) is 9.21. The molecule has 6 nitrogen and oxygen atoms in total. The monoisotopic (exact) mass is 483 g/mol. The molecule has 1 unspecified atom stereocenters.